The first-order valence-corrected chi connectivity index (χ1v) is 5.65. The quantitative estimate of drug-likeness (QED) is 0.804. The van der Waals surface area contributed by atoms with E-state index in [1.165, 1.54) is 0 Å². The summed E-state index contributed by atoms with van der Waals surface area (Å²) in [7, 11) is 0. The lowest BCUT2D eigenvalue weighted by atomic mass is 10.1. The number of hydrogen-bond acceptors (Lipinski definition) is 4. The number of amides is 1. The second-order valence-corrected chi connectivity index (χ2v) is 4.51. The van der Waals surface area contributed by atoms with Gasteiger partial charge in [0.2, 0.25) is 6.79 Å². The molecule has 1 heterocycles. The Balaban J connectivity index is 1.78. The van der Waals surface area contributed by atoms with Gasteiger partial charge < -0.3 is 20.5 Å². The van der Waals surface area contributed by atoms with Crippen molar-refractivity contribution in [1.82, 2.24) is 5.32 Å². The Morgan fingerprint density at radius 1 is 1.35 bits per heavy atom. The van der Waals surface area contributed by atoms with E-state index in [2.05, 4.69) is 5.32 Å². The first kappa shape index (κ1) is 10.4. The van der Waals surface area contributed by atoms with E-state index in [0.717, 1.165) is 12.8 Å². The zero-order valence-electron chi connectivity index (χ0n) is 9.36. The van der Waals surface area contributed by atoms with E-state index in [1.54, 1.807) is 18.2 Å². The van der Waals surface area contributed by atoms with Gasteiger partial charge in [0.25, 0.3) is 5.91 Å². The predicted octanol–water partition coefficient (Wildman–Crippen LogP) is 0.636. The minimum absolute atomic E-state index is 0.105. The van der Waals surface area contributed by atoms with Gasteiger partial charge in [-0.15, -0.1) is 0 Å². The molecule has 1 aromatic rings. The fourth-order valence-electron chi connectivity index (χ4n) is 1.88. The lowest BCUT2D eigenvalue weighted by Gasteiger charge is -2.14. The van der Waals surface area contributed by atoms with E-state index in [4.69, 9.17) is 15.2 Å². The molecule has 1 aliphatic heterocycles. The Bertz CT molecular complexity index is 469. The molecule has 0 spiro atoms. The average Bonchev–Trinajstić information content (AvgIpc) is 2.96. The summed E-state index contributed by atoms with van der Waals surface area (Å²) in [5.41, 5.74) is 6.03. The fourth-order valence-corrected chi connectivity index (χ4v) is 1.88. The SMILES string of the molecule is NCC1(NC(=O)c2ccc3c(c2)OCO3)CC1. The summed E-state index contributed by atoms with van der Waals surface area (Å²) in [5.74, 6) is 1.20. The molecule has 0 atom stereocenters. The minimum Gasteiger partial charge on any atom is -0.454 e. The molecule has 5 heteroatoms. The second kappa shape index (κ2) is 3.63. The van der Waals surface area contributed by atoms with E-state index in [1.807, 2.05) is 0 Å². The van der Waals surface area contributed by atoms with Crippen LogP contribution in [0, 0.1) is 0 Å². The molecular weight excluding hydrogens is 220 g/mol. The maximum Gasteiger partial charge on any atom is 0.251 e. The second-order valence-electron chi connectivity index (χ2n) is 4.51. The summed E-state index contributed by atoms with van der Waals surface area (Å²) >= 11 is 0. The summed E-state index contributed by atoms with van der Waals surface area (Å²) in [6.45, 7) is 0.705. The van der Waals surface area contributed by atoms with Crippen molar-refractivity contribution in [2.75, 3.05) is 13.3 Å². The third kappa shape index (κ3) is 1.82. The van der Waals surface area contributed by atoms with Crippen LogP contribution in [0.1, 0.15) is 23.2 Å². The minimum atomic E-state index is -0.173. The van der Waals surface area contributed by atoms with Crippen LogP contribution in [0.15, 0.2) is 18.2 Å². The van der Waals surface area contributed by atoms with E-state index in [9.17, 15) is 4.79 Å². The van der Waals surface area contributed by atoms with Crippen LogP contribution in [0.25, 0.3) is 0 Å². The number of nitrogens with one attached hydrogen (secondary N) is 1. The molecule has 17 heavy (non-hydrogen) atoms. The molecule has 0 bridgehead atoms. The molecule has 0 saturated heterocycles. The van der Waals surface area contributed by atoms with Crippen molar-refractivity contribution in [3.8, 4) is 11.5 Å². The molecule has 1 amide bonds. The predicted molar refractivity (Wildman–Crippen MR) is 61.1 cm³/mol. The molecule has 5 nitrogen and oxygen atoms in total. The highest BCUT2D eigenvalue weighted by atomic mass is 16.7. The van der Waals surface area contributed by atoms with Crippen LogP contribution in [0.2, 0.25) is 0 Å². The molecule has 1 fully saturated rings. The summed E-state index contributed by atoms with van der Waals surface area (Å²) in [4.78, 5) is 12.0. The maximum atomic E-state index is 12.0. The van der Waals surface area contributed by atoms with Crippen LogP contribution in [-0.4, -0.2) is 24.8 Å². The van der Waals surface area contributed by atoms with Crippen molar-refractivity contribution in [3.05, 3.63) is 23.8 Å². The van der Waals surface area contributed by atoms with Gasteiger partial charge >= 0.3 is 0 Å². The Hall–Kier alpha value is -1.75. The largest absolute Gasteiger partial charge is 0.454 e. The Kier molecular flexibility index (Phi) is 2.22. The number of benzene rings is 1. The molecule has 0 aromatic heterocycles. The third-order valence-corrected chi connectivity index (χ3v) is 3.26. The molecular formula is C12H14N2O3. The van der Waals surface area contributed by atoms with Gasteiger partial charge in [-0.1, -0.05) is 0 Å². The highest BCUT2D eigenvalue weighted by molar-refractivity contribution is 5.95. The smallest absolute Gasteiger partial charge is 0.251 e. The number of fused-ring (bicyclic) bond motifs is 1. The molecule has 1 aromatic carbocycles. The summed E-state index contributed by atoms with van der Waals surface area (Å²) in [6, 6.07) is 5.18. The zero-order chi connectivity index (χ0) is 11.9. The van der Waals surface area contributed by atoms with Gasteiger partial charge in [0.1, 0.15) is 0 Å². The normalized spacial score (nSPS) is 18.9. The van der Waals surface area contributed by atoms with Gasteiger partial charge in [0.05, 0.1) is 5.54 Å². The third-order valence-electron chi connectivity index (χ3n) is 3.26. The molecule has 0 radical (unpaired) electrons. The van der Waals surface area contributed by atoms with Gasteiger partial charge in [-0.05, 0) is 31.0 Å². The van der Waals surface area contributed by atoms with Crippen LogP contribution in [-0.2, 0) is 0 Å². The number of rotatable bonds is 3. The van der Waals surface area contributed by atoms with Crippen LogP contribution in [0.5, 0.6) is 11.5 Å². The van der Waals surface area contributed by atoms with Crippen molar-refractivity contribution >= 4 is 5.91 Å². The van der Waals surface area contributed by atoms with Crippen molar-refractivity contribution in [3.63, 3.8) is 0 Å². The van der Waals surface area contributed by atoms with E-state index in [-0.39, 0.29) is 18.2 Å². The standard InChI is InChI=1S/C12H14N2O3/c13-6-12(3-4-12)14-11(15)8-1-2-9-10(5-8)17-7-16-9/h1-2,5H,3-4,6-7,13H2,(H,14,15). The Labute approximate surface area is 98.9 Å². The van der Waals surface area contributed by atoms with Gasteiger partial charge in [-0.3, -0.25) is 4.79 Å². The maximum absolute atomic E-state index is 12.0. The molecule has 0 unspecified atom stereocenters. The van der Waals surface area contributed by atoms with E-state index in [0.29, 0.717) is 23.6 Å². The van der Waals surface area contributed by atoms with Crippen LogP contribution in [0.4, 0.5) is 0 Å². The number of ether oxygens (including phenoxy) is 2. The van der Waals surface area contributed by atoms with E-state index < -0.39 is 0 Å². The fraction of sp³-hybridized carbons (Fsp3) is 0.417. The highest BCUT2D eigenvalue weighted by Crippen LogP contribution is 2.35. The number of carbonyl (C=O) groups is 1. The van der Waals surface area contributed by atoms with Gasteiger partial charge in [-0.25, -0.2) is 0 Å². The average molecular weight is 234 g/mol. The summed E-state index contributed by atoms with van der Waals surface area (Å²) in [5, 5.41) is 2.96. The molecule has 1 saturated carbocycles. The summed E-state index contributed by atoms with van der Waals surface area (Å²) in [6.07, 6.45) is 1.92. The molecule has 2 aliphatic rings. The number of hydrogen-bond donors (Lipinski definition) is 2. The van der Waals surface area contributed by atoms with Crippen molar-refractivity contribution in [2.45, 2.75) is 18.4 Å². The zero-order valence-corrected chi connectivity index (χ0v) is 9.36. The molecule has 1 aliphatic carbocycles. The lowest BCUT2D eigenvalue weighted by Crippen LogP contribution is -2.42. The van der Waals surface area contributed by atoms with Crippen LogP contribution in [0.3, 0.4) is 0 Å². The van der Waals surface area contributed by atoms with Gasteiger partial charge in [-0.2, -0.15) is 0 Å². The molecule has 3 rings (SSSR count). The van der Waals surface area contributed by atoms with Crippen molar-refractivity contribution < 1.29 is 14.3 Å². The Morgan fingerprint density at radius 2 is 2.12 bits per heavy atom. The monoisotopic (exact) mass is 234 g/mol. The lowest BCUT2D eigenvalue weighted by molar-refractivity contribution is 0.0932. The first-order chi connectivity index (χ1) is 8.22. The molecule has 3 N–H and O–H groups in total. The van der Waals surface area contributed by atoms with Crippen molar-refractivity contribution in [1.29, 1.82) is 0 Å². The Morgan fingerprint density at radius 3 is 2.82 bits per heavy atom. The van der Waals surface area contributed by atoms with Crippen LogP contribution < -0.4 is 20.5 Å². The van der Waals surface area contributed by atoms with Crippen LogP contribution >= 0.6 is 0 Å². The van der Waals surface area contributed by atoms with E-state index >= 15 is 0 Å². The summed E-state index contributed by atoms with van der Waals surface area (Å²) < 4.78 is 10.4. The topological polar surface area (TPSA) is 73.6 Å². The number of nitrogens with two attached hydrogens (primary N) is 1. The van der Waals surface area contributed by atoms with Crippen molar-refractivity contribution in [2.24, 2.45) is 5.73 Å². The van der Waals surface area contributed by atoms with Gasteiger partial charge in [0, 0.05) is 12.1 Å². The highest BCUT2D eigenvalue weighted by Gasteiger charge is 2.42. The first-order valence-electron chi connectivity index (χ1n) is 5.65. The molecule has 90 valence electrons. The number of carbonyl (C=O) groups excluding carboxylic acids is 1. The van der Waals surface area contributed by atoms with Gasteiger partial charge in [0.15, 0.2) is 11.5 Å².